The smallest absolute Gasteiger partial charge is 2.00 e. The van der Waals surface area contributed by atoms with Crippen molar-refractivity contribution < 1.29 is 21.7 Å². The summed E-state index contributed by atoms with van der Waals surface area (Å²) in [4.78, 5) is 0. The molecule has 0 aliphatic heterocycles. The van der Waals surface area contributed by atoms with E-state index in [2.05, 4.69) is 0 Å². The zero-order valence-corrected chi connectivity index (χ0v) is 9.01. The van der Waals surface area contributed by atoms with E-state index in [1.807, 2.05) is 0 Å². The molecule has 0 heterocycles. The molecule has 40 valence electrons. The van der Waals surface area contributed by atoms with Crippen LogP contribution in [-0.2, 0) is 48.7 Å². The number of rotatable bonds is 0. The van der Waals surface area contributed by atoms with Crippen LogP contribution in [0.25, 0.3) is 0 Å². The van der Waals surface area contributed by atoms with Crippen LogP contribution in [0.1, 0.15) is 0 Å². The van der Waals surface area contributed by atoms with E-state index < -0.39 is 0 Å². The molecule has 0 aliphatic carbocycles. The van der Waals surface area contributed by atoms with Crippen LogP contribution in [0.2, 0.25) is 0 Å². The third-order valence-corrected chi connectivity index (χ3v) is 0. The van der Waals surface area contributed by atoms with E-state index in [9.17, 15) is 0 Å². The van der Waals surface area contributed by atoms with E-state index in [1.54, 1.807) is 0 Å². The molecule has 0 aliphatic rings. The summed E-state index contributed by atoms with van der Waals surface area (Å²) in [6.45, 7) is 0. The molecule has 0 saturated heterocycles. The van der Waals surface area contributed by atoms with Crippen molar-refractivity contribution in [3.05, 3.63) is 0 Å². The van der Waals surface area contributed by atoms with E-state index in [1.165, 1.54) is 0 Å². The van der Waals surface area contributed by atoms with Crippen LogP contribution in [0.4, 0.5) is 0 Å². The van der Waals surface area contributed by atoms with E-state index in [0.717, 1.165) is 0 Å². The molecule has 0 saturated carbocycles. The van der Waals surface area contributed by atoms with Crippen molar-refractivity contribution in [1.29, 1.82) is 0 Å². The Kier molecular flexibility index (Phi) is 665. The van der Waals surface area contributed by atoms with E-state index >= 15 is 0 Å². The zero-order valence-electron chi connectivity index (χ0n) is 2.82. The van der Waals surface area contributed by atoms with Crippen molar-refractivity contribution in [2.75, 3.05) is 0 Å². The SMILES string of the molecule is S.S.S.[S-2].[S-2].[Ti+4]. The summed E-state index contributed by atoms with van der Waals surface area (Å²) in [5.74, 6) is 0. The molecule has 0 rings (SSSR count). The average molecular weight is 214 g/mol. The van der Waals surface area contributed by atoms with Crippen LogP contribution in [0.15, 0.2) is 0 Å². The summed E-state index contributed by atoms with van der Waals surface area (Å²) < 4.78 is 0. The molecule has 0 amide bonds. The molecule has 0 N–H and O–H groups in total. The molecule has 0 radical (unpaired) electrons. The summed E-state index contributed by atoms with van der Waals surface area (Å²) in [5, 5.41) is 0. The van der Waals surface area contributed by atoms with E-state index in [0.29, 0.717) is 0 Å². The first kappa shape index (κ1) is 77.7. The Morgan fingerprint density at radius 1 is 0.500 bits per heavy atom. The largest absolute Gasteiger partial charge is 4.00 e. The van der Waals surface area contributed by atoms with Crippen molar-refractivity contribution in [3.63, 3.8) is 0 Å². The number of hydrogen-bond donors (Lipinski definition) is 0. The van der Waals surface area contributed by atoms with Crippen LogP contribution in [0, 0.1) is 0 Å². The Hall–Kier alpha value is 2.46. The predicted octanol–water partition coefficient (Wildman–Crippen LogP) is 0.331. The Morgan fingerprint density at radius 3 is 0.500 bits per heavy atom. The van der Waals surface area contributed by atoms with Crippen LogP contribution >= 0.6 is 40.5 Å². The first-order valence-electron chi connectivity index (χ1n) is 0. The molecule has 0 unspecified atom stereocenters. The van der Waals surface area contributed by atoms with Gasteiger partial charge in [0.25, 0.3) is 0 Å². The molecule has 0 aromatic carbocycles. The van der Waals surface area contributed by atoms with Crippen LogP contribution in [0.3, 0.4) is 0 Å². The zero-order chi connectivity index (χ0) is 0. The summed E-state index contributed by atoms with van der Waals surface area (Å²) >= 11 is 0. The minimum absolute atomic E-state index is 0. The Bertz CT molecular complexity index is 3.90. The monoisotopic (exact) mass is 214 g/mol. The third-order valence-electron chi connectivity index (χ3n) is 0. The topological polar surface area (TPSA) is 0 Å². The predicted molar refractivity (Wildman–Crippen MR) is 45.9 cm³/mol. The van der Waals surface area contributed by atoms with Crippen molar-refractivity contribution in [2.24, 2.45) is 0 Å². The second-order valence-electron chi connectivity index (χ2n) is 0. The van der Waals surface area contributed by atoms with Gasteiger partial charge in [0.1, 0.15) is 0 Å². The summed E-state index contributed by atoms with van der Waals surface area (Å²) in [7, 11) is 0. The Balaban J connectivity index is 0. The molecule has 0 spiro atoms. The fraction of sp³-hybridized carbons (Fsp3) is 0. The van der Waals surface area contributed by atoms with Gasteiger partial charge >= 0.3 is 21.7 Å². The van der Waals surface area contributed by atoms with Gasteiger partial charge < -0.3 is 27.0 Å². The normalized spacial score (nSPS) is 0. The fourth-order valence-electron chi connectivity index (χ4n) is 0. The van der Waals surface area contributed by atoms with E-state index in [-0.39, 0.29) is 89.2 Å². The van der Waals surface area contributed by atoms with Gasteiger partial charge in [-0.25, -0.2) is 0 Å². The Labute approximate surface area is 88.3 Å². The van der Waals surface area contributed by atoms with Gasteiger partial charge in [-0.1, -0.05) is 0 Å². The third kappa shape index (κ3) is 31.8. The average Bonchev–Trinajstić information content (AvgIpc) is 0. The Morgan fingerprint density at radius 2 is 0.500 bits per heavy atom. The van der Waals surface area contributed by atoms with Crippen molar-refractivity contribution >= 4 is 67.5 Å². The molecule has 6 heavy (non-hydrogen) atoms. The van der Waals surface area contributed by atoms with Crippen LogP contribution < -0.4 is 0 Å². The summed E-state index contributed by atoms with van der Waals surface area (Å²) in [5.41, 5.74) is 0. The molecule has 0 aromatic heterocycles. The molecule has 0 aromatic rings. The first-order chi connectivity index (χ1) is 0. The molecular formula is H6S5Ti. The summed E-state index contributed by atoms with van der Waals surface area (Å²) in [6.07, 6.45) is 0. The van der Waals surface area contributed by atoms with E-state index in [4.69, 9.17) is 0 Å². The minimum atomic E-state index is 0. The summed E-state index contributed by atoms with van der Waals surface area (Å²) in [6, 6.07) is 0. The van der Waals surface area contributed by atoms with Gasteiger partial charge in [-0.05, 0) is 0 Å². The maximum atomic E-state index is 0. The second-order valence-corrected chi connectivity index (χ2v) is 0. The van der Waals surface area contributed by atoms with Gasteiger partial charge in [-0.2, -0.15) is 40.5 Å². The van der Waals surface area contributed by atoms with Gasteiger partial charge in [-0.3, -0.25) is 0 Å². The van der Waals surface area contributed by atoms with Crippen LogP contribution in [-0.4, -0.2) is 0 Å². The van der Waals surface area contributed by atoms with Crippen LogP contribution in [0.5, 0.6) is 0 Å². The molecule has 0 fully saturated rings. The van der Waals surface area contributed by atoms with Gasteiger partial charge in [0, 0.05) is 0 Å². The van der Waals surface area contributed by atoms with Gasteiger partial charge in [-0.15, -0.1) is 0 Å². The molecule has 0 nitrogen and oxygen atoms in total. The first-order valence-corrected chi connectivity index (χ1v) is 0. The van der Waals surface area contributed by atoms with Gasteiger partial charge in [0.2, 0.25) is 0 Å². The van der Waals surface area contributed by atoms with Crippen molar-refractivity contribution in [3.8, 4) is 0 Å². The van der Waals surface area contributed by atoms with Crippen molar-refractivity contribution in [2.45, 2.75) is 0 Å². The number of hydrogen-bond acceptors (Lipinski definition) is 0. The molecule has 0 atom stereocenters. The standard InChI is InChI=1S/3H2S.2S.Ti/h3*1H2;;;/q;;;2*-2;+4. The maximum Gasteiger partial charge on any atom is 4.00 e. The molecular weight excluding hydrogens is 208 g/mol. The molecule has 0 bridgehead atoms. The minimum Gasteiger partial charge on any atom is -2.00 e. The quantitative estimate of drug-likeness (QED) is 0.510. The van der Waals surface area contributed by atoms with Crippen molar-refractivity contribution in [1.82, 2.24) is 0 Å². The second kappa shape index (κ2) is 51.4. The van der Waals surface area contributed by atoms with Gasteiger partial charge in [0.05, 0.1) is 0 Å². The van der Waals surface area contributed by atoms with Gasteiger partial charge in [0.15, 0.2) is 0 Å². The molecule has 6 heteroatoms. The maximum absolute atomic E-state index is 0. The fourth-order valence-corrected chi connectivity index (χ4v) is 0.